The van der Waals surface area contributed by atoms with Crippen molar-refractivity contribution in [1.29, 1.82) is 0 Å². The molecular weight excluding hydrogens is 528 g/mol. The van der Waals surface area contributed by atoms with Crippen LogP contribution in [0.5, 0.6) is 0 Å². The van der Waals surface area contributed by atoms with Gasteiger partial charge in [0.15, 0.2) is 11.6 Å². The van der Waals surface area contributed by atoms with Gasteiger partial charge in [0.2, 0.25) is 11.9 Å². The van der Waals surface area contributed by atoms with Crippen molar-refractivity contribution in [3.8, 4) is 11.1 Å². The highest BCUT2D eigenvalue weighted by molar-refractivity contribution is 5.91. The standard InChI is InChI=1S/C28H24F4N6O2/c29-22-9-17(20-14-34-26(35-15-20)36-21-5-3-16(4-6-21)19-12-33-13-19)1-2-18(22)10-25(39)37-24-11-23(40-38-24)27(7-8-27)28(30,31)32/h1-6,9,11,14-15,19,33H,7-8,10,12-13H2,(H,34,35,36)(H,37,38,39). The van der Waals surface area contributed by atoms with Gasteiger partial charge in [-0.25, -0.2) is 14.4 Å². The number of carbonyl (C=O) groups is 1. The maximum Gasteiger partial charge on any atom is 0.401 e. The van der Waals surface area contributed by atoms with Gasteiger partial charge in [-0.1, -0.05) is 29.4 Å². The number of benzene rings is 2. The van der Waals surface area contributed by atoms with Gasteiger partial charge >= 0.3 is 6.18 Å². The first-order valence-electron chi connectivity index (χ1n) is 12.7. The highest BCUT2D eigenvalue weighted by Crippen LogP contribution is 2.59. The SMILES string of the molecule is O=C(Cc1ccc(-c2cnc(Nc3ccc(C4CNC4)cc3)nc2)cc1F)Nc1cc(C2(C(F)(F)F)CC2)on1. The first-order valence-corrected chi connectivity index (χ1v) is 12.7. The summed E-state index contributed by atoms with van der Waals surface area (Å²) in [6.45, 7) is 1.98. The third-order valence-electron chi connectivity index (χ3n) is 7.35. The second-order valence-corrected chi connectivity index (χ2v) is 10.1. The van der Waals surface area contributed by atoms with Gasteiger partial charge in [-0.3, -0.25) is 4.79 Å². The highest BCUT2D eigenvalue weighted by atomic mass is 19.4. The molecule has 2 aromatic heterocycles. The van der Waals surface area contributed by atoms with E-state index in [9.17, 15) is 22.4 Å². The fourth-order valence-electron chi connectivity index (χ4n) is 4.62. The molecule has 1 amide bonds. The first-order chi connectivity index (χ1) is 19.2. The molecule has 1 saturated carbocycles. The van der Waals surface area contributed by atoms with Gasteiger partial charge in [-0.2, -0.15) is 13.2 Å². The predicted molar refractivity (Wildman–Crippen MR) is 139 cm³/mol. The summed E-state index contributed by atoms with van der Waals surface area (Å²) in [5, 5.41) is 12.3. The van der Waals surface area contributed by atoms with Crippen molar-refractivity contribution in [3.05, 3.63) is 83.6 Å². The second kappa shape index (κ2) is 10.0. The number of carbonyl (C=O) groups excluding carboxylic acids is 1. The third kappa shape index (κ3) is 5.14. The lowest BCUT2D eigenvalue weighted by molar-refractivity contribution is -0.165. The Morgan fingerprint density at radius 2 is 1.75 bits per heavy atom. The molecule has 0 radical (unpaired) electrons. The van der Waals surface area contributed by atoms with E-state index in [4.69, 9.17) is 4.52 Å². The van der Waals surface area contributed by atoms with Crippen LogP contribution >= 0.6 is 0 Å². The van der Waals surface area contributed by atoms with Crippen molar-refractivity contribution in [2.75, 3.05) is 23.7 Å². The van der Waals surface area contributed by atoms with Crippen LogP contribution in [0.3, 0.4) is 0 Å². The molecule has 2 fully saturated rings. The zero-order chi connectivity index (χ0) is 27.9. The Labute approximate surface area is 226 Å². The highest BCUT2D eigenvalue weighted by Gasteiger charge is 2.66. The lowest BCUT2D eigenvalue weighted by atomic mass is 9.94. The summed E-state index contributed by atoms with van der Waals surface area (Å²) in [5.74, 6) is -0.798. The van der Waals surface area contributed by atoms with Crippen LogP contribution in [0.1, 0.15) is 35.6 Å². The zero-order valence-corrected chi connectivity index (χ0v) is 21.1. The molecule has 0 spiro atoms. The van der Waals surface area contributed by atoms with Crippen LogP contribution < -0.4 is 16.0 Å². The van der Waals surface area contributed by atoms with E-state index in [0.717, 1.165) is 24.8 Å². The Bertz CT molecular complexity index is 1530. The molecule has 3 heterocycles. The summed E-state index contributed by atoms with van der Waals surface area (Å²) in [5.41, 5.74) is 1.31. The van der Waals surface area contributed by atoms with Gasteiger partial charge in [-0.15, -0.1) is 0 Å². The molecule has 6 rings (SSSR count). The number of aromatic nitrogens is 3. The molecule has 4 aromatic rings. The smallest absolute Gasteiger partial charge is 0.358 e. The van der Waals surface area contributed by atoms with Crippen LogP contribution in [-0.4, -0.2) is 40.3 Å². The lowest BCUT2D eigenvalue weighted by Crippen LogP contribution is -2.39. The van der Waals surface area contributed by atoms with Crippen LogP contribution in [0.4, 0.5) is 35.0 Å². The summed E-state index contributed by atoms with van der Waals surface area (Å²) >= 11 is 0. The van der Waals surface area contributed by atoms with Crippen LogP contribution in [-0.2, 0) is 16.6 Å². The number of nitrogens with one attached hydrogen (secondary N) is 3. The summed E-state index contributed by atoms with van der Waals surface area (Å²) in [6.07, 6.45) is -1.84. The van der Waals surface area contributed by atoms with Gasteiger partial charge in [0, 0.05) is 48.7 Å². The fourth-order valence-corrected chi connectivity index (χ4v) is 4.62. The summed E-state index contributed by atoms with van der Waals surface area (Å²) < 4.78 is 59.5. The molecule has 206 valence electrons. The van der Waals surface area contributed by atoms with Crippen LogP contribution in [0.15, 0.2) is 65.4 Å². The van der Waals surface area contributed by atoms with Crippen molar-refractivity contribution in [3.63, 3.8) is 0 Å². The van der Waals surface area contributed by atoms with Crippen molar-refractivity contribution in [1.82, 2.24) is 20.4 Å². The Kier molecular flexibility index (Phi) is 6.49. The van der Waals surface area contributed by atoms with Crippen molar-refractivity contribution < 1.29 is 26.9 Å². The van der Waals surface area contributed by atoms with Crippen LogP contribution in [0.2, 0.25) is 0 Å². The number of amides is 1. The number of anilines is 3. The minimum absolute atomic E-state index is 0.0900. The molecule has 1 aliphatic carbocycles. The molecule has 2 aromatic carbocycles. The molecule has 2 aliphatic rings. The van der Waals surface area contributed by atoms with E-state index >= 15 is 0 Å². The average Bonchev–Trinajstić information content (AvgIpc) is 3.60. The van der Waals surface area contributed by atoms with E-state index in [0.29, 0.717) is 23.0 Å². The molecule has 1 saturated heterocycles. The molecule has 0 unspecified atom stereocenters. The number of rotatable bonds is 8. The van der Waals surface area contributed by atoms with Crippen molar-refractivity contribution >= 4 is 23.4 Å². The van der Waals surface area contributed by atoms with E-state index in [2.05, 4.69) is 43.2 Å². The van der Waals surface area contributed by atoms with Gasteiger partial charge < -0.3 is 20.5 Å². The fraction of sp³-hybridized carbons (Fsp3) is 0.286. The van der Waals surface area contributed by atoms with Gasteiger partial charge in [0.1, 0.15) is 11.2 Å². The third-order valence-corrected chi connectivity index (χ3v) is 7.35. The van der Waals surface area contributed by atoms with Crippen LogP contribution in [0, 0.1) is 5.82 Å². The summed E-state index contributed by atoms with van der Waals surface area (Å²) in [4.78, 5) is 21.0. The molecule has 0 atom stereocenters. The largest absolute Gasteiger partial charge is 0.401 e. The molecule has 12 heteroatoms. The van der Waals surface area contributed by atoms with Gasteiger partial charge in [0.05, 0.1) is 6.42 Å². The monoisotopic (exact) mass is 552 g/mol. The summed E-state index contributed by atoms with van der Waals surface area (Å²) in [6, 6.07) is 13.5. The number of nitrogens with zero attached hydrogens (tertiary/aromatic N) is 3. The van der Waals surface area contributed by atoms with E-state index in [1.165, 1.54) is 17.7 Å². The second-order valence-electron chi connectivity index (χ2n) is 10.1. The number of hydrogen-bond acceptors (Lipinski definition) is 7. The first kappa shape index (κ1) is 25.9. The maximum absolute atomic E-state index is 14.8. The van der Waals surface area contributed by atoms with E-state index < -0.39 is 23.3 Å². The Morgan fingerprint density at radius 3 is 2.35 bits per heavy atom. The predicted octanol–water partition coefficient (Wildman–Crippen LogP) is 5.48. The minimum atomic E-state index is -4.46. The maximum atomic E-state index is 14.8. The minimum Gasteiger partial charge on any atom is -0.358 e. The van der Waals surface area contributed by atoms with E-state index in [-0.39, 0.29) is 36.4 Å². The van der Waals surface area contributed by atoms with E-state index in [1.54, 1.807) is 18.5 Å². The van der Waals surface area contributed by atoms with Gasteiger partial charge in [-0.05, 0) is 47.7 Å². The molecule has 8 nitrogen and oxygen atoms in total. The summed E-state index contributed by atoms with van der Waals surface area (Å²) in [7, 11) is 0. The van der Waals surface area contributed by atoms with Gasteiger partial charge in [0.25, 0.3) is 0 Å². The molecular formula is C28H24F4N6O2. The number of hydrogen-bond donors (Lipinski definition) is 3. The van der Waals surface area contributed by atoms with E-state index in [1.807, 2.05) is 12.1 Å². The number of alkyl halides is 3. The van der Waals surface area contributed by atoms with Crippen molar-refractivity contribution in [2.45, 2.75) is 36.8 Å². The Balaban J connectivity index is 1.06. The molecule has 3 N–H and O–H groups in total. The molecule has 1 aliphatic heterocycles. The quantitative estimate of drug-likeness (QED) is 0.249. The zero-order valence-electron chi connectivity index (χ0n) is 21.1. The molecule has 40 heavy (non-hydrogen) atoms. The Morgan fingerprint density at radius 1 is 1.02 bits per heavy atom. The topological polar surface area (TPSA) is 105 Å². The lowest BCUT2D eigenvalue weighted by Gasteiger charge is -2.27. The van der Waals surface area contributed by atoms with Crippen molar-refractivity contribution in [2.24, 2.45) is 0 Å². The normalized spacial score (nSPS) is 16.3. The van der Waals surface area contributed by atoms with Crippen LogP contribution in [0.25, 0.3) is 11.1 Å². The Hall–Kier alpha value is -4.32. The number of halogens is 4. The molecule has 0 bridgehead atoms. The average molecular weight is 553 g/mol.